The summed E-state index contributed by atoms with van der Waals surface area (Å²) in [6.45, 7) is 10.1. The molecule has 0 saturated heterocycles. The lowest BCUT2D eigenvalue weighted by Gasteiger charge is -2.21. The van der Waals surface area contributed by atoms with Crippen LogP contribution in [-0.2, 0) is 4.79 Å². The maximum Gasteiger partial charge on any atom is 0.251 e. The number of aliphatic imine (C=N–C) groups is 1. The topological polar surface area (TPSA) is 53.5 Å². The molecule has 0 aliphatic carbocycles. The Kier molecular flexibility index (Phi) is 2.83. The van der Waals surface area contributed by atoms with Crippen LogP contribution in [0.2, 0.25) is 0 Å². The molecular weight excluding hydrogens is 178 g/mol. The molecule has 0 aromatic heterocycles. The SMILES string of the molecule is CC(C)C1N=C(NC(C)(C)C)NC1=O. The van der Waals surface area contributed by atoms with E-state index < -0.39 is 0 Å². The van der Waals surface area contributed by atoms with Crippen LogP contribution < -0.4 is 10.6 Å². The summed E-state index contributed by atoms with van der Waals surface area (Å²) < 4.78 is 0. The van der Waals surface area contributed by atoms with E-state index in [1.807, 2.05) is 34.6 Å². The predicted octanol–water partition coefficient (Wildman–Crippen LogP) is 0.885. The number of rotatable bonds is 1. The van der Waals surface area contributed by atoms with Gasteiger partial charge in [0.1, 0.15) is 6.04 Å². The van der Waals surface area contributed by atoms with Crippen LogP contribution in [-0.4, -0.2) is 23.4 Å². The highest BCUT2D eigenvalue weighted by atomic mass is 16.2. The van der Waals surface area contributed by atoms with Crippen LogP contribution >= 0.6 is 0 Å². The summed E-state index contributed by atoms with van der Waals surface area (Å²) >= 11 is 0. The zero-order valence-corrected chi connectivity index (χ0v) is 9.51. The molecule has 4 heteroatoms. The highest BCUT2D eigenvalue weighted by molar-refractivity contribution is 6.05. The summed E-state index contributed by atoms with van der Waals surface area (Å²) in [4.78, 5) is 15.7. The second-order valence-corrected chi connectivity index (χ2v) is 5.03. The zero-order valence-electron chi connectivity index (χ0n) is 9.51. The summed E-state index contributed by atoms with van der Waals surface area (Å²) in [5.74, 6) is 0.835. The minimum Gasteiger partial charge on any atom is -0.351 e. The lowest BCUT2D eigenvalue weighted by molar-refractivity contribution is -0.120. The lowest BCUT2D eigenvalue weighted by Crippen LogP contribution is -2.47. The smallest absolute Gasteiger partial charge is 0.251 e. The molecule has 1 atom stereocenters. The fraction of sp³-hybridized carbons (Fsp3) is 0.800. The maximum absolute atomic E-state index is 11.4. The molecule has 80 valence electrons. The Bertz CT molecular complexity index is 263. The summed E-state index contributed by atoms with van der Waals surface area (Å²) in [6, 6.07) is -0.236. The quantitative estimate of drug-likeness (QED) is 0.656. The third kappa shape index (κ3) is 2.72. The summed E-state index contributed by atoms with van der Waals surface area (Å²) in [5.41, 5.74) is -0.0714. The zero-order chi connectivity index (χ0) is 10.9. The molecule has 14 heavy (non-hydrogen) atoms. The van der Waals surface area contributed by atoms with Crippen molar-refractivity contribution in [1.82, 2.24) is 10.6 Å². The Morgan fingerprint density at radius 3 is 2.36 bits per heavy atom. The van der Waals surface area contributed by atoms with Gasteiger partial charge in [-0.25, -0.2) is 4.99 Å². The van der Waals surface area contributed by atoms with Crippen LogP contribution in [0.5, 0.6) is 0 Å². The molecule has 0 aromatic carbocycles. The van der Waals surface area contributed by atoms with Crippen molar-refractivity contribution >= 4 is 11.9 Å². The van der Waals surface area contributed by atoms with Gasteiger partial charge in [-0.2, -0.15) is 0 Å². The first-order valence-corrected chi connectivity index (χ1v) is 4.96. The highest BCUT2D eigenvalue weighted by Gasteiger charge is 2.30. The van der Waals surface area contributed by atoms with Gasteiger partial charge in [-0.3, -0.25) is 10.1 Å². The molecule has 0 spiro atoms. The van der Waals surface area contributed by atoms with Crippen LogP contribution in [0.25, 0.3) is 0 Å². The molecule has 1 heterocycles. The Morgan fingerprint density at radius 2 is 2.00 bits per heavy atom. The summed E-state index contributed by atoms with van der Waals surface area (Å²) in [7, 11) is 0. The molecule has 0 bridgehead atoms. The number of amides is 1. The first-order valence-electron chi connectivity index (χ1n) is 4.96. The third-order valence-electron chi connectivity index (χ3n) is 1.90. The number of carbonyl (C=O) groups excluding carboxylic acids is 1. The van der Waals surface area contributed by atoms with Gasteiger partial charge in [0, 0.05) is 5.54 Å². The fourth-order valence-electron chi connectivity index (χ4n) is 1.29. The molecule has 4 nitrogen and oxygen atoms in total. The van der Waals surface area contributed by atoms with Crippen molar-refractivity contribution in [2.24, 2.45) is 10.9 Å². The van der Waals surface area contributed by atoms with Crippen LogP contribution in [0, 0.1) is 5.92 Å². The Balaban J connectivity index is 2.67. The standard InChI is InChI=1S/C10H19N3O/c1-6(2)7-8(14)12-9(11-7)13-10(3,4)5/h6-7H,1-5H3,(H2,11,12,13,14). The van der Waals surface area contributed by atoms with Gasteiger partial charge >= 0.3 is 0 Å². The van der Waals surface area contributed by atoms with Crippen molar-refractivity contribution < 1.29 is 4.79 Å². The van der Waals surface area contributed by atoms with E-state index in [1.165, 1.54) is 0 Å². The largest absolute Gasteiger partial charge is 0.351 e. The molecule has 1 aliphatic rings. The molecule has 0 fully saturated rings. The van der Waals surface area contributed by atoms with Gasteiger partial charge in [0.05, 0.1) is 0 Å². The van der Waals surface area contributed by atoms with Gasteiger partial charge in [-0.1, -0.05) is 13.8 Å². The first kappa shape index (κ1) is 11.0. The van der Waals surface area contributed by atoms with Crippen molar-refractivity contribution in [2.45, 2.75) is 46.2 Å². The minimum absolute atomic E-state index is 0.00764. The molecule has 1 aliphatic heterocycles. The molecule has 1 amide bonds. The van der Waals surface area contributed by atoms with E-state index in [4.69, 9.17) is 0 Å². The van der Waals surface area contributed by atoms with E-state index in [1.54, 1.807) is 0 Å². The third-order valence-corrected chi connectivity index (χ3v) is 1.90. The first-order chi connectivity index (χ1) is 6.29. The second kappa shape index (κ2) is 3.59. The van der Waals surface area contributed by atoms with Crippen molar-refractivity contribution in [3.05, 3.63) is 0 Å². The Morgan fingerprint density at radius 1 is 1.43 bits per heavy atom. The van der Waals surface area contributed by atoms with E-state index in [2.05, 4.69) is 15.6 Å². The van der Waals surface area contributed by atoms with Crippen LogP contribution in [0.3, 0.4) is 0 Å². The van der Waals surface area contributed by atoms with Gasteiger partial charge < -0.3 is 5.32 Å². The molecule has 1 rings (SSSR count). The van der Waals surface area contributed by atoms with E-state index in [0.29, 0.717) is 5.96 Å². The monoisotopic (exact) mass is 197 g/mol. The number of nitrogens with zero attached hydrogens (tertiary/aromatic N) is 1. The average molecular weight is 197 g/mol. The van der Waals surface area contributed by atoms with Crippen LogP contribution in [0.4, 0.5) is 0 Å². The number of carbonyl (C=O) groups is 1. The number of hydrogen-bond donors (Lipinski definition) is 2. The summed E-state index contributed by atoms with van der Waals surface area (Å²) in [5, 5.41) is 5.89. The maximum atomic E-state index is 11.4. The van der Waals surface area contributed by atoms with Gasteiger partial charge in [0.15, 0.2) is 5.96 Å². The molecule has 1 unspecified atom stereocenters. The predicted molar refractivity (Wildman–Crippen MR) is 57.1 cm³/mol. The lowest BCUT2D eigenvalue weighted by atomic mass is 10.1. The number of hydrogen-bond acceptors (Lipinski definition) is 3. The fourth-order valence-corrected chi connectivity index (χ4v) is 1.29. The van der Waals surface area contributed by atoms with Crippen LogP contribution in [0.1, 0.15) is 34.6 Å². The van der Waals surface area contributed by atoms with Crippen molar-refractivity contribution in [1.29, 1.82) is 0 Å². The molecule has 0 radical (unpaired) electrons. The number of nitrogens with one attached hydrogen (secondary N) is 2. The highest BCUT2D eigenvalue weighted by Crippen LogP contribution is 2.11. The van der Waals surface area contributed by atoms with Gasteiger partial charge in [0.25, 0.3) is 5.91 Å². The second-order valence-electron chi connectivity index (χ2n) is 5.03. The average Bonchev–Trinajstić information content (AvgIpc) is 2.26. The van der Waals surface area contributed by atoms with Gasteiger partial charge in [-0.15, -0.1) is 0 Å². The van der Waals surface area contributed by atoms with E-state index in [0.717, 1.165) is 0 Å². The normalized spacial score (nSPS) is 22.3. The van der Waals surface area contributed by atoms with Crippen molar-refractivity contribution in [2.75, 3.05) is 0 Å². The molecular formula is C10H19N3O. The minimum atomic E-state index is -0.236. The molecule has 0 saturated carbocycles. The van der Waals surface area contributed by atoms with E-state index >= 15 is 0 Å². The molecule has 2 N–H and O–H groups in total. The Hall–Kier alpha value is -1.06. The van der Waals surface area contributed by atoms with Crippen molar-refractivity contribution in [3.63, 3.8) is 0 Å². The van der Waals surface area contributed by atoms with Gasteiger partial charge in [-0.05, 0) is 26.7 Å². The van der Waals surface area contributed by atoms with E-state index in [-0.39, 0.29) is 23.4 Å². The molecule has 0 aromatic rings. The number of guanidine groups is 1. The van der Waals surface area contributed by atoms with Crippen molar-refractivity contribution in [3.8, 4) is 0 Å². The Labute approximate surface area is 85.2 Å². The van der Waals surface area contributed by atoms with E-state index in [9.17, 15) is 4.79 Å². The van der Waals surface area contributed by atoms with Gasteiger partial charge in [0.2, 0.25) is 0 Å². The van der Waals surface area contributed by atoms with Crippen LogP contribution in [0.15, 0.2) is 4.99 Å². The summed E-state index contributed by atoms with van der Waals surface area (Å²) in [6.07, 6.45) is 0.